The van der Waals surface area contributed by atoms with Crippen LogP contribution in [0.3, 0.4) is 0 Å². The Morgan fingerprint density at radius 3 is 1.43 bits per heavy atom. The number of hydrogen-bond acceptors (Lipinski definition) is 4. The Morgan fingerprint density at radius 2 is 1.07 bits per heavy atom. The van der Waals surface area contributed by atoms with Crippen molar-refractivity contribution in [1.29, 1.82) is 0 Å². The fourth-order valence-electron chi connectivity index (χ4n) is 3.55. The summed E-state index contributed by atoms with van der Waals surface area (Å²) in [5.74, 6) is -1.02. The molecule has 3 rings (SSSR count). The molecule has 0 radical (unpaired) electrons. The molecule has 0 aliphatic carbocycles. The number of hydrogen-bond donors (Lipinski definition) is 3. The molecule has 0 heterocycles. The van der Waals surface area contributed by atoms with Crippen molar-refractivity contribution in [3.8, 4) is 0 Å². The van der Waals surface area contributed by atoms with E-state index < -0.39 is 5.91 Å². The smallest absolute Gasteiger partial charge is 0.263 e. The molecule has 0 spiro atoms. The number of nitrogens with two attached hydrogens (primary N) is 3. The van der Waals surface area contributed by atoms with E-state index in [9.17, 15) is 9.59 Å². The van der Waals surface area contributed by atoms with Gasteiger partial charge in [0.15, 0.2) is 0 Å². The van der Waals surface area contributed by atoms with Gasteiger partial charge in [0, 0.05) is 22.7 Å². The number of nitrogens with zero attached hydrogens (tertiary/aromatic N) is 1. The van der Waals surface area contributed by atoms with Gasteiger partial charge >= 0.3 is 0 Å². The molecule has 0 aliphatic rings. The van der Waals surface area contributed by atoms with E-state index in [-0.39, 0.29) is 17.0 Å². The second-order valence-corrected chi connectivity index (χ2v) is 7.54. The van der Waals surface area contributed by atoms with Gasteiger partial charge in [-0.1, -0.05) is 12.1 Å². The summed E-state index contributed by atoms with van der Waals surface area (Å²) >= 11 is 0. The highest BCUT2D eigenvalue weighted by Crippen LogP contribution is 2.35. The number of anilines is 4. The lowest BCUT2D eigenvalue weighted by Gasteiger charge is -2.26. The Balaban J connectivity index is 2.29. The molecule has 0 atom stereocenters. The SMILES string of the molecule is Cc1cc(N(C(=O)c2ccccc2C(N)=O)c2cc(C)c(N)c(C)c2)cc(C)c1N. The summed E-state index contributed by atoms with van der Waals surface area (Å²) < 4.78 is 0. The second-order valence-electron chi connectivity index (χ2n) is 7.54. The number of amides is 2. The molecule has 3 aromatic rings. The predicted molar refractivity (Wildman–Crippen MR) is 122 cm³/mol. The van der Waals surface area contributed by atoms with E-state index in [2.05, 4.69) is 0 Å². The van der Waals surface area contributed by atoms with Crippen molar-refractivity contribution < 1.29 is 9.59 Å². The zero-order chi connectivity index (χ0) is 22.2. The average molecular weight is 402 g/mol. The molecule has 0 saturated heterocycles. The highest BCUT2D eigenvalue weighted by atomic mass is 16.2. The van der Waals surface area contributed by atoms with Gasteiger partial charge in [-0.15, -0.1) is 0 Å². The Bertz CT molecular complexity index is 1060. The molecular weight excluding hydrogens is 376 g/mol. The van der Waals surface area contributed by atoms with Crippen molar-refractivity contribution in [2.45, 2.75) is 27.7 Å². The van der Waals surface area contributed by atoms with Crippen LogP contribution in [0.1, 0.15) is 43.0 Å². The standard InChI is InChI=1S/C24H26N4O2/c1-13-9-17(10-14(2)21(13)25)28(18-11-15(3)22(26)16(4)12-18)24(30)20-8-6-5-7-19(20)23(27)29/h5-12H,25-26H2,1-4H3,(H2,27,29). The molecular formula is C24H26N4O2. The Hall–Kier alpha value is -3.80. The number of nitrogen functional groups attached to an aromatic ring is 2. The van der Waals surface area contributed by atoms with Crippen LogP contribution in [-0.4, -0.2) is 11.8 Å². The van der Waals surface area contributed by atoms with E-state index in [0.717, 1.165) is 22.3 Å². The summed E-state index contributed by atoms with van der Waals surface area (Å²) in [6.45, 7) is 7.58. The van der Waals surface area contributed by atoms with Crippen LogP contribution in [0.5, 0.6) is 0 Å². The molecule has 6 N–H and O–H groups in total. The maximum Gasteiger partial charge on any atom is 0.263 e. The van der Waals surface area contributed by atoms with Crippen molar-refractivity contribution in [3.63, 3.8) is 0 Å². The predicted octanol–water partition coefficient (Wildman–Crippen LogP) is 4.16. The normalized spacial score (nSPS) is 10.7. The highest BCUT2D eigenvalue weighted by Gasteiger charge is 2.25. The van der Waals surface area contributed by atoms with Crippen LogP contribution in [0.15, 0.2) is 48.5 Å². The first-order chi connectivity index (χ1) is 14.1. The highest BCUT2D eigenvalue weighted by molar-refractivity contribution is 6.16. The largest absolute Gasteiger partial charge is 0.398 e. The first-order valence-electron chi connectivity index (χ1n) is 9.58. The van der Waals surface area contributed by atoms with Gasteiger partial charge in [0.1, 0.15) is 0 Å². The molecule has 0 fully saturated rings. The van der Waals surface area contributed by atoms with Gasteiger partial charge in [-0.25, -0.2) is 0 Å². The number of benzene rings is 3. The van der Waals surface area contributed by atoms with Crippen LogP contribution in [0.2, 0.25) is 0 Å². The van der Waals surface area contributed by atoms with Crippen LogP contribution in [0, 0.1) is 27.7 Å². The lowest BCUT2D eigenvalue weighted by atomic mass is 10.0. The molecule has 0 aromatic heterocycles. The summed E-state index contributed by atoms with van der Waals surface area (Å²) in [7, 11) is 0. The minimum atomic E-state index is -0.659. The third-order valence-electron chi connectivity index (χ3n) is 5.30. The maximum absolute atomic E-state index is 13.7. The first kappa shape index (κ1) is 20.9. The van der Waals surface area contributed by atoms with Crippen LogP contribution in [-0.2, 0) is 0 Å². The van der Waals surface area contributed by atoms with Crippen LogP contribution in [0.25, 0.3) is 0 Å². The summed E-state index contributed by atoms with van der Waals surface area (Å²) in [5, 5.41) is 0. The van der Waals surface area contributed by atoms with Gasteiger partial charge in [-0.2, -0.15) is 0 Å². The van der Waals surface area contributed by atoms with Crippen molar-refractivity contribution >= 4 is 34.6 Å². The fourth-order valence-corrected chi connectivity index (χ4v) is 3.55. The van der Waals surface area contributed by atoms with E-state index in [1.807, 2.05) is 52.0 Å². The van der Waals surface area contributed by atoms with Crippen molar-refractivity contribution in [3.05, 3.63) is 81.9 Å². The lowest BCUT2D eigenvalue weighted by molar-refractivity contribution is 0.0967. The summed E-state index contributed by atoms with van der Waals surface area (Å²) in [6.07, 6.45) is 0. The topological polar surface area (TPSA) is 115 Å². The van der Waals surface area contributed by atoms with Crippen molar-refractivity contribution in [1.82, 2.24) is 0 Å². The summed E-state index contributed by atoms with van der Waals surface area (Å²) in [4.78, 5) is 27.3. The number of carbonyl (C=O) groups is 2. The molecule has 0 saturated carbocycles. The second kappa shape index (κ2) is 7.91. The van der Waals surface area contributed by atoms with Crippen LogP contribution in [0.4, 0.5) is 22.7 Å². The fraction of sp³-hybridized carbons (Fsp3) is 0.167. The Labute approximate surface area is 176 Å². The van der Waals surface area contributed by atoms with E-state index in [1.54, 1.807) is 29.2 Å². The summed E-state index contributed by atoms with van der Waals surface area (Å²) in [5.41, 5.74) is 24.2. The molecule has 6 heteroatoms. The third kappa shape index (κ3) is 3.72. The molecule has 2 amide bonds. The van der Waals surface area contributed by atoms with E-state index in [1.165, 1.54) is 0 Å². The van der Waals surface area contributed by atoms with Crippen LogP contribution < -0.4 is 22.1 Å². The van der Waals surface area contributed by atoms with Crippen molar-refractivity contribution in [2.24, 2.45) is 5.73 Å². The average Bonchev–Trinajstić information content (AvgIpc) is 2.70. The summed E-state index contributed by atoms with van der Waals surface area (Å²) in [6, 6.07) is 14.0. The number of rotatable bonds is 4. The molecule has 30 heavy (non-hydrogen) atoms. The molecule has 0 bridgehead atoms. The van der Waals surface area contributed by atoms with Gasteiger partial charge in [0.2, 0.25) is 5.91 Å². The van der Waals surface area contributed by atoms with Gasteiger partial charge in [0.25, 0.3) is 5.91 Å². The van der Waals surface area contributed by atoms with E-state index in [0.29, 0.717) is 22.7 Å². The minimum Gasteiger partial charge on any atom is -0.398 e. The monoisotopic (exact) mass is 402 g/mol. The van der Waals surface area contributed by atoms with Crippen molar-refractivity contribution in [2.75, 3.05) is 16.4 Å². The third-order valence-corrected chi connectivity index (χ3v) is 5.30. The van der Waals surface area contributed by atoms with E-state index in [4.69, 9.17) is 17.2 Å². The van der Waals surface area contributed by atoms with Gasteiger partial charge in [0.05, 0.1) is 11.1 Å². The molecule has 6 nitrogen and oxygen atoms in total. The Morgan fingerprint density at radius 1 is 0.700 bits per heavy atom. The molecule has 3 aromatic carbocycles. The minimum absolute atomic E-state index is 0.167. The first-order valence-corrected chi connectivity index (χ1v) is 9.58. The zero-order valence-electron chi connectivity index (χ0n) is 17.6. The Kier molecular flexibility index (Phi) is 5.52. The van der Waals surface area contributed by atoms with Crippen LogP contribution >= 0.6 is 0 Å². The van der Waals surface area contributed by atoms with Gasteiger partial charge in [-0.05, 0) is 86.3 Å². The molecule has 0 aliphatic heterocycles. The number of aryl methyl sites for hydroxylation is 4. The zero-order valence-corrected chi connectivity index (χ0v) is 17.6. The molecule has 154 valence electrons. The molecule has 0 unspecified atom stereocenters. The number of carbonyl (C=O) groups excluding carboxylic acids is 2. The number of primary amides is 1. The van der Waals surface area contributed by atoms with Gasteiger partial charge in [-0.3, -0.25) is 14.5 Å². The van der Waals surface area contributed by atoms with E-state index >= 15 is 0 Å². The van der Waals surface area contributed by atoms with Gasteiger partial charge < -0.3 is 17.2 Å². The maximum atomic E-state index is 13.7. The quantitative estimate of drug-likeness (QED) is 0.568. The lowest BCUT2D eigenvalue weighted by Crippen LogP contribution is -2.29.